The normalized spacial score (nSPS) is 11.1. The predicted octanol–water partition coefficient (Wildman–Crippen LogP) is 7.62. The van der Waals surface area contributed by atoms with Crippen LogP contribution in [0.4, 0.5) is 5.69 Å². The summed E-state index contributed by atoms with van der Waals surface area (Å²) in [7, 11) is 0. The molecule has 1 aromatic heterocycles. The third kappa shape index (κ3) is 6.58. The first-order valence-corrected chi connectivity index (χ1v) is 13.2. The van der Waals surface area contributed by atoms with Gasteiger partial charge >= 0.3 is 0 Å². The molecule has 1 N–H and O–H groups in total. The van der Waals surface area contributed by atoms with Crippen molar-refractivity contribution >= 4 is 78.4 Å². The lowest BCUT2D eigenvalue weighted by Crippen LogP contribution is -2.16. The standard InChI is InChI=1S/C25H18BrCl2N3O5S/c1-2-35-21-8-16(19(26)11-22(21)36-13-14-3-4-17(27)10-20(14)28)12-29-30-25(32)24-9-15-7-18(31(33)34)5-6-23(15)37-24/h3-12H,2,13H2,1H3,(H,30,32)/b29-12-. The molecule has 1 heterocycles. The fourth-order valence-electron chi connectivity index (χ4n) is 3.30. The molecule has 0 radical (unpaired) electrons. The first-order valence-electron chi connectivity index (χ1n) is 10.8. The minimum absolute atomic E-state index is 0.0334. The second-order valence-electron chi connectivity index (χ2n) is 7.57. The second kappa shape index (κ2) is 11.9. The van der Waals surface area contributed by atoms with E-state index in [9.17, 15) is 14.9 Å². The maximum atomic E-state index is 12.6. The fraction of sp³-hybridized carbons (Fsp3) is 0.120. The number of hydrazone groups is 1. The van der Waals surface area contributed by atoms with Crippen molar-refractivity contribution < 1.29 is 19.2 Å². The van der Waals surface area contributed by atoms with E-state index in [1.54, 1.807) is 42.5 Å². The number of amides is 1. The molecule has 4 rings (SSSR count). The molecule has 0 spiro atoms. The SMILES string of the molecule is CCOc1cc(/C=N\NC(=O)c2cc3cc([N+](=O)[O-])ccc3s2)c(Br)cc1OCc1ccc(Cl)cc1Cl. The van der Waals surface area contributed by atoms with Crippen molar-refractivity contribution in [3.05, 3.63) is 95.2 Å². The van der Waals surface area contributed by atoms with Gasteiger partial charge in [0.05, 0.1) is 22.6 Å². The summed E-state index contributed by atoms with van der Waals surface area (Å²) in [6.45, 7) is 2.48. The minimum atomic E-state index is -0.474. The maximum Gasteiger partial charge on any atom is 0.281 e. The van der Waals surface area contributed by atoms with Gasteiger partial charge in [-0.25, -0.2) is 5.43 Å². The third-order valence-electron chi connectivity index (χ3n) is 5.07. The molecule has 8 nitrogen and oxygen atoms in total. The Morgan fingerprint density at radius 2 is 1.92 bits per heavy atom. The number of nitro benzene ring substituents is 1. The first kappa shape index (κ1) is 26.9. The molecule has 0 aliphatic rings. The lowest BCUT2D eigenvalue weighted by atomic mass is 10.2. The zero-order chi connectivity index (χ0) is 26.5. The average molecular weight is 623 g/mol. The van der Waals surface area contributed by atoms with E-state index in [1.165, 1.54) is 29.7 Å². The Morgan fingerprint density at radius 1 is 1.14 bits per heavy atom. The molecule has 0 bridgehead atoms. The van der Waals surface area contributed by atoms with Crippen molar-refractivity contribution in [3.63, 3.8) is 0 Å². The van der Waals surface area contributed by atoms with Gasteiger partial charge < -0.3 is 9.47 Å². The summed E-state index contributed by atoms with van der Waals surface area (Å²) in [5.41, 5.74) is 3.87. The van der Waals surface area contributed by atoms with Gasteiger partial charge in [-0.3, -0.25) is 14.9 Å². The summed E-state index contributed by atoms with van der Waals surface area (Å²) >= 11 is 16.9. The zero-order valence-corrected chi connectivity index (χ0v) is 23.1. The van der Waals surface area contributed by atoms with Crippen molar-refractivity contribution in [2.75, 3.05) is 6.61 Å². The number of nitro groups is 1. The maximum absolute atomic E-state index is 12.6. The van der Waals surface area contributed by atoms with E-state index in [-0.39, 0.29) is 12.3 Å². The van der Waals surface area contributed by atoms with Crippen LogP contribution in [0.25, 0.3) is 10.1 Å². The van der Waals surface area contributed by atoms with Gasteiger partial charge in [0.1, 0.15) is 6.61 Å². The molecule has 0 fully saturated rings. The molecule has 190 valence electrons. The monoisotopic (exact) mass is 621 g/mol. The van der Waals surface area contributed by atoms with Gasteiger partial charge in [-0.15, -0.1) is 11.3 Å². The van der Waals surface area contributed by atoms with Crippen LogP contribution in [-0.2, 0) is 6.61 Å². The second-order valence-corrected chi connectivity index (χ2v) is 10.3. The molecule has 0 aliphatic heterocycles. The number of rotatable bonds is 9. The molecule has 0 saturated carbocycles. The number of fused-ring (bicyclic) bond motifs is 1. The number of halogens is 3. The van der Waals surface area contributed by atoms with Crippen molar-refractivity contribution in [2.45, 2.75) is 13.5 Å². The summed E-state index contributed by atoms with van der Waals surface area (Å²) in [4.78, 5) is 23.5. The van der Waals surface area contributed by atoms with Crippen LogP contribution in [0.15, 0.2) is 64.2 Å². The molecule has 12 heteroatoms. The molecule has 0 unspecified atom stereocenters. The largest absolute Gasteiger partial charge is 0.490 e. The fourth-order valence-corrected chi connectivity index (χ4v) is 5.12. The molecule has 0 saturated heterocycles. The van der Waals surface area contributed by atoms with Gasteiger partial charge in [0.2, 0.25) is 0 Å². The van der Waals surface area contributed by atoms with E-state index >= 15 is 0 Å². The average Bonchev–Trinajstić information content (AvgIpc) is 3.29. The Balaban J connectivity index is 1.47. The van der Waals surface area contributed by atoms with Crippen molar-refractivity contribution in [1.82, 2.24) is 5.43 Å². The topological polar surface area (TPSA) is 103 Å². The number of thiophene rings is 1. The molecular formula is C25H18BrCl2N3O5S. The van der Waals surface area contributed by atoms with Gasteiger partial charge in [0.25, 0.3) is 11.6 Å². The molecule has 3 aromatic carbocycles. The van der Waals surface area contributed by atoms with E-state index in [1.807, 2.05) is 6.92 Å². The third-order valence-corrected chi connectivity index (χ3v) is 7.45. The van der Waals surface area contributed by atoms with E-state index in [2.05, 4.69) is 26.5 Å². The van der Waals surface area contributed by atoms with Crippen LogP contribution in [0.3, 0.4) is 0 Å². The van der Waals surface area contributed by atoms with Crippen molar-refractivity contribution in [3.8, 4) is 11.5 Å². The Kier molecular flexibility index (Phi) is 8.65. The number of nitrogens with zero attached hydrogens (tertiary/aromatic N) is 2. The van der Waals surface area contributed by atoms with E-state index < -0.39 is 10.8 Å². The number of nitrogens with one attached hydrogen (secondary N) is 1. The lowest BCUT2D eigenvalue weighted by molar-refractivity contribution is -0.384. The number of benzene rings is 3. The highest BCUT2D eigenvalue weighted by Gasteiger charge is 2.14. The molecule has 37 heavy (non-hydrogen) atoms. The van der Waals surface area contributed by atoms with Crippen molar-refractivity contribution in [2.24, 2.45) is 5.10 Å². The highest BCUT2D eigenvalue weighted by Crippen LogP contribution is 2.34. The van der Waals surface area contributed by atoms with E-state index in [0.717, 1.165) is 10.3 Å². The quantitative estimate of drug-likeness (QED) is 0.117. The highest BCUT2D eigenvalue weighted by atomic mass is 79.9. The Hall–Kier alpha value is -3.18. The van der Waals surface area contributed by atoms with Gasteiger partial charge in [0, 0.05) is 47.9 Å². The number of hydrogen-bond donors (Lipinski definition) is 1. The summed E-state index contributed by atoms with van der Waals surface area (Å²) < 4.78 is 13.1. The Bertz CT molecular complexity index is 1530. The number of hydrogen-bond acceptors (Lipinski definition) is 7. The van der Waals surface area contributed by atoms with Crippen LogP contribution in [-0.4, -0.2) is 23.7 Å². The van der Waals surface area contributed by atoms with Gasteiger partial charge in [-0.2, -0.15) is 5.10 Å². The predicted molar refractivity (Wildman–Crippen MR) is 150 cm³/mol. The van der Waals surface area contributed by atoms with Crippen LogP contribution in [0.2, 0.25) is 10.0 Å². The Labute approximate surface area is 234 Å². The van der Waals surface area contributed by atoms with Gasteiger partial charge in [0.15, 0.2) is 11.5 Å². The molecular weight excluding hydrogens is 605 g/mol. The summed E-state index contributed by atoms with van der Waals surface area (Å²) in [6.07, 6.45) is 1.47. The van der Waals surface area contributed by atoms with E-state index in [0.29, 0.717) is 48.5 Å². The van der Waals surface area contributed by atoms with Crippen LogP contribution in [0.5, 0.6) is 11.5 Å². The Morgan fingerprint density at radius 3 is 2.65 bits per heavy atom. The van der Waals surface area contributed by atoms with Gasteiger partial charge in [-0.1, -0.05) is 29.3 Å². The van der Waals surface area contributed by atoms with Crippen molar-refractivity contribution in [1.29, 1.82) is 0 Å². The highest BCUT2D eigenvalue weighted by molar-refractivity contribution is 9.10. The number of ether oxygens (including phenoxy) is 2. The number of non-ortho nitro benzene ring substituents is 1. The summed E-state index contributed by atoms with van der Waals surface area (Å²) in [6, 6.07) is 14.7. The molecule has 0 atom stereocenters. The van der Waals surface area contributed by atoms with Crippen LogP contribution in [0.1, 0.15) is 27.7 Å². The van der Waals surface area contributed by atoms with E-state index in [4.69, 9.17) is 32.7 Å². The molecule has 1 amide bonds. The van der Waals surface area contributed by atoms with Gasteiger partial charge in [-0.05, 0) is 59.3 Å². The van der Waals surface area contributed by atoms with Crippen LogP contribution in [0, 0.1) is 10.1 Å². The summed E-state index contributed by atoms with van der Waals surface area (Å²) in [5, 5.41) is 16.7. The smallest absolute Gasteiger partial charge is 0.281 e. The summed E-state index contributed by atoms with van der Waals surface area (Å²) in [5.74, 6) is 0.566. The molecule has 0 aliphatic carbocycles. The first-order chi connectivity index (χ1) is 17.7. The number of carbonyl (C=O) groups excluding carboxylic acids is 1. The number of carbonyl (C=O) groups is 1. The zero-order valence-electron chi connectivity index (χ0n) is 19.2. The molecule has 4 aromatic rings. The lowest BCUT2D eigenvalue weighted by Gasteiger charge is -2.14. The van der Waals surface area contributed by atoms with Crippen LogP contribution >= 0.6 is 50.5 Å². The minimum Gasteiger partial charge on any atom is -0.490 e. The van der Waals surface area contributed by atoms with Crippen LogP contribution < -0.4 is 14.9 Å².